The summed E-state index contributed by atoms with van der Waals surface area (Å²) in [6.07, 6.45) is 6.16. The Balaban J connectivity index is 1.82. The van der Waals surface area contributed by atoms with Crippen LogP contribution in [0.15, 0.2) is 41.3 Å². The molecule has 0 aliphatic carbocycles. The molecule has 0 saturated heterocycles. The number of fused-ring (bicyclic) bond motifs is 1. The van der Waals surface area contributed by atoms with Crippen molar-refractivity contribution in [2.75, 3.05) is 25.5 Å². The maximum Gasteiger partial charge on any atom is 0.258 e. The third kappa shape index (κ3) is 3.20. The first kappa shape index (κ1) is 18.1. The van der Waals surface area contributed by atoms with E-state index in [1.54, 1.807) is 11.4 Å². The SMILES string of the molecule is CNc1c(C)cc(-c2cc(=O)n3cc(C4=CCNCC4)ccc3n2)nc1C=N. The van der Waals surface area contributed by atoms with E-state index in [0.29, 0.717) is 22.7 Å². The van der Waals surface area contributed by atoms with Gasteiger partial charge in [-0.15, -0.1) is 0 Å². The van der Waals surface area contributed by atoms with E-state index in [1.165, 1.54) is 17.9 Å². The first-order valence-electron chi connectivity index (χ1n) is 9.24. The van der Waals surface area contributed by atoms with E-state index in [-0.39, 0.29) is 5.56 Å². The van der Waals surface area contributed by atoms with Crippen LogP contribution in [0.1, 0.15) is 23.2 Å². The van der Waals surface area contributed by atoms with Crippen molar-refractivity contribution in [1.29, 1.82) is 5.41 Å². The summed E-state index contributed by atoms with van der Waals surface area (Å²) < 4.78 is 1.58. The number of aromatic nitrogens is 3. The minimum Gasteiger partial charge on any atom is -0.386 e. The molecule has 4 rings (SSSR count). The van der Waals surface area contributed by atoms with Crippen molar-refractivity contribution < 1.29 is 0 Å². The zero-order chi connectivity index (χ0) is 19.7. The highest BCUT2D eigenvalue weighted by molar-refractivity contribution is 5.86. The molecule has 4 heterocycles. The Kier molecular flexibility index (Phi) is 4.75. The average Bonchev–Trinajstić information content (AvgIpc) is 2.73. The van der Waals surface area contributed by atoms with E-state index in [1.807, 2.05) is 31.3 Å². The summed E-state index contributed by atoms with van der Waals surface area (Å²) in [6.45, 7) is 3.73. The van der Waals surface area contributed by atoms with Crippen LogP contribution in [0.3, 0.4) is 0 Å². The lowest BCUT2D eigenvalue weighted by Crippen LogP contribution is -2.20. The second-order valence-corrected chi connectivity index (χ2v) is 6.79. The summed E-state index contributed by atoms with van der Waals surface area (Å²) in [4.78, 5) is 21.9. The van der Waals surface area contributed by atoms with E-state index in [2.05, 4.69) is 26.7 Å². The van der Waals surface area contributed by atoms with Gasteiger partial charge in [-0.2, -0.15) is 0 Å². The number of rotatable bonds is 4. The highest BCUT2D eigenvalue weighted by atomic mass is 16.1. The Hall–Kier alpha value is -3.32. The van der Waals surface area contributed by atoms with Crippen LogP contribution < -0.4 is 16.2 Å². The van der Waals surface area contributed by atoms with Gasteiger partial charge in [0, 0.05) is 32.1 Å². The second kappa shape index (κ2) is 7.36. The molecule has 0 unspecified atom stereocenters. The number of aryl methyl sites for hydroxylation is 1. The van der Waals surface area contributed by atoms with Gasteiger partial charge >= 0.3 is 0 Å². The third-order valence-electron chi connectivity index (χ3n) is 4.99. The third-order valence-corrected chi connectivity index (χ3v) is 4.99. The van der Waals surface area contributed by atoms with Crippen molar-refractivity contribution in [3.63, 3.8) is 0 Å². The van der Waals surface area contributed by atoms with E-state index in [0.717, 1.165) is 36.3 Å². The number of hydrogen-bond donors (Lipinski definition) is 3. The van der Waals surface area contributed by atoms with E-state index in [9.17, 15) is 4.79 Å². The van der Waals surface area contributed by atoms with Gasteiger partial charge in [0.25, 0.3) is 5.56 Å². The molecule has 28 heavy (non-hydrogen) atoms. The fourth-order valence-corrected chi connectivity index (χ4v) is 3.57. The van der Waals surface area contributed by atoms with Crippen LogP contribution in [0.5, 0.6) is 0 Å². The Morgan fingerprint density at radius 1 is 1.25 bits per heavy atom. The summed E-state index contributed by atoms with van der Waals surface area (Å²) in [7, 11) is 1.80. The summed E-state index contributed by atoms with van der Waals surface area (Å²) >= 11 is 0. The molecule has 0 saturated carbocycles. The molecule has 7 nitrogen and oxygen atoms in total. The number of anilines is 1. The molecule has 0 aromatic carbocycles. The number of nitrogens with zero attached hydrogens (tertiary/aromatic N) is 3. The first-order chi connectivity index (χ1) is 13.6. The van der Waals surface area contributed by atoms with Crippen molar-refractivity contribution >= 4 is 23.1 Å². The Bertz CT molecular complexity index is 1160. The lowest BCUT2D eigenvalue weighted by atomic mass is 10.0. The van der Waals surface area contributed by atoms with Crippen LogP contribution in [0.25, 0.3) is 22.6 Å². The zero-order valence-corrected chi connectivity index (χ0v) is 15.9. The molecular weight excluding hydrogens is 352 g/mol. The molecule has 1 aliphatic heterocycles. The summed E-state index contributed by atoms with van der Waals surface area (Å²) in [5, 5.41) is 14.0. The molecule has 3 aromatic rings. The van der Waals surface area contributed by atoms with Crippen LogP contribution in [0.4, 0.5) is 5.69 Å². The predicted molar refractivity (Wildman–Crippen MR) is 112 cm³/mol. The van der Waals surface area contributed by atoms with Gasteiger partial charge in [0.1, 0.15) is 11.3 Å². The lowest BCUT2D eigenvalue weighted by molar-refractivity contribution is 0.738. The fourth-order valence-electron chi connectivity index (χ4n) is 3.57. The van der Waals surface area contributed by atoms with Gasteiger partial charge in [0.05, 0.1) is 17.1 Å². The quantitative estimate of drug-likeness (QED) is 0.610. The molecule has 3 aromatic heterocycles. The van der Waals surface area contributed by atoms with Crippen molar-refractivity contribution in [3.8, 4) is 11.4 Å². The standard InChI is InChI=1S/C21H22N6O/c1-13-9-16(25-18(11-22)21(13)23-2)17-10-20(28)27-12-15(3-4-19(27)26-17)14-5-7-24-8-6-14/h3-5,9-12,22-24H,6-8H2,1-2H3. The molecule has 0 fully saturated rings. The highest BCUT2D eigenvalue weighted by Gasteiger charge is 2.13. The van der Waals surface area contributed by atoms with Crippen LogP contribution in [0, 0.1) is 12.3 Å². The smallest absolute Gasteiger partial charge is 0.258 e. The van der Waals surface area contributed by atoms with Crippen molar-refractivity contribution in [2.24, 2.45) is 0 Å². The van der Waals surface area contributed by atoms with Gasteiger partial charge in [-0.25, -0.2) is 9.97 Å². The predicted octanol–water partition coefficient (Wildman–Crippen LogP) is 2.48. The van der Waals surface area contributed by atoms with E-state index in [4.69, 9.17) is 5.41 Å². The zero-order valence-electron chi connectivity index (χ0n) is 15.9. The van der Waals surface area contributed by atoms with Crippen molar-refractivity contribution in [2.45, 2.75) is 13.3 Å². The topological polar surface area (TPSA) is 95.2 Å². The molecule has 7 heteroatoms. The van der Waals surface area contributed by atoms with Crippen LogP contribution in [-0.4, -0.2) is 40.7 Å². The fraction of sp³-hybridized carbons (Fsp3) is 0.238. The van der Waals surface area contributed by atoms with Crippen LogP contribution in [-0.2, 0) is 0 Å². The largest absolute Gasteiger partial charge is 0.386 e. The van der Waals surface area contributed by atoms with Crippen molar-refractivity contribution in [1.82, 2.24) is 19.7 Å². The van der Waals surface area contributed by atoms with Crippen LogP contribution >= 0.6 is 0 Å². The molecular formula is C21H22N6O. The van der Waals surface area contributed by atoms with E-state index < -0.39 is 0 Å². The average molecular weight is 374 g/mol. The first-order valence-corrected chi connectivity index (χ1v) is 9.24. The minimum atomic E-state index is -0.148. The summed E-state index contributed by atoms with van der Waals surface area (Å²) in [5.41, 5.74) is 6.08. The number of pyridine rings is 2. The molecule has 3 N–H and O–H groups in total. The monoisotopic (exact) mass is 374 g/mol. The Labute approximate surface area is 162 Å². The Morgan fingerprint density at radius 2 is 2.07 bits per heavy atom. The molecule has 0 amide bonds. The highest BCUT2D eigenvalue weighted by Crippen LogP contribution is 2.24. The Morgan fingerprint density at radius 3 is 2.79 bits per heavy atom. The van der Waals surface area contributed by atoms with Crippen LogP contribution in [0.2, 0.25) is 0 Å². The number of hydrogen-bond acceptors (Lipinski definition) is 6. The summed E-state index contributed by atoms with van der Waals surface area (Å²) in [5.74, 6) is 0. The van der Waals surface area contributed by atoms with Gasteiger partial charge in [0.15, 0.2) is 0 Å². The van der Waals surface area contributed by atoms with Gasteiger partial charge in [0.2, 0.25) is 0 Å². The van der Waals surface area contributed by atoms with Gasteiger partial charge < -0.3 is 16.0 Å². The molecule has 142 valence electrons. The maximum atomic E-state index is 12.8. The molecule has 1 aliphatic rings. The molecule has 0 spiro atoms. The minimum absolute atomic E-state index is 0.148. The normalized spacial score (nSPS) is 14.0. The molecule has 0 atom stereocenters. The van der Waals surface area contributed by atoms with E-state index >= 15 is 0 Å². The van der Waals surface area contributed by atoms with Gasteiger partial charge in [-0.05, 0) is 54.8 Å². The maximum absolute atomic E-state index is 12.8. The second-order valence-electron chi connectivity index (χ2n) is 6.79. The molecule has 0 radical (unpaired) electrons. The molecule has 0 bridgehead atoms. The number of nitrogens with one attached hydrogen (secondary N) is 3. The van der Waals surface area contributed by atoms with Crippen molar-refractivity contribution in [3.05, 3.63) is 63.7 Å². The van der Waals surface area contributed by atoms with Gasteiger partial charge in [-0.1, -0.05) is 6.08 Å². The summed E-state index contributed by atoms with van der Waals surface area (Å²) in [6, 6.07) is 7.26. The lowest BCUT2D eigenvalue weighted by Gasteiger charge is -2.15. The van der Waals surface area contributed by atoms with Gasteiger partial charge in [-0.3, -0.25) is 9.20 Å².